The van der Waals surface area contributed by atoms with Crippen molar-refractivity contribution < 1.29 is 19.1 Å². The van der Waals surface area contributed by atoms with Crippen LogP contribution in [0.15, 0.2) is 54.6 Å². The largest absolute Gasteiger partial charge is 0.452 e. The van der Waals surface area contributed by atoms with Crippen molar-refractivity contribution in [3.05, 3.63) is 65.7 Å². The van der Waals surface area contributed by atoms with E-state index in [9.17, 15) is 14.4 Å². The number of esters is 1. The monoisotopic (exact) mass is 420 g/mol. The Labute approximate surface area is 182 Å². The van der Waals surface area contributed by atoms with Gasteiger partial charge in [-0.25, -0.2) is 4.79 Å². The number of nitrogens with zero attached hydrogens (tertiary/aromatic N) is 1. The molecule has 0 radical (unpaired) electrons. The highest BCUT2D eigenvalue weighted by Crippen LogP contribution is 2.35. The summed E-state index contributed by atoms with van der Waals surface area (Å²) in [5, 5.41) is 2.76. The lowest BCUT2D eigenvalue weighted by Gasteiger charge is -2.44. The minimum Gasteiger partial charge on any atom is -0.452 e. The van der Waals surface area contributed by atoms with E-state index in [0.717, 1.165) is 25.8 Å². The van der Waals surface area contributed by atoms with Crippen molar-refractivity contribution in [1.82, 2.24) is 4.90 Å². The van der Waals surface area contributed by atoms with E-state index in [1.807, 2.05) is 11.0 Å². The Morgan fingerprint density at radius 2 is 1.61 bits per heavy atom. The van der Waals surface area contributed by atoms with Crippen molar-refractivity contribution in [3.8, 4) is 0 Å². The Morgan fingerprint density at radius 3 is 2.45 bits per heavy atom. The number of carbonyl (C=O) groups is 3. The number of para-hydroxylation sites is 1. The van der Waals surface area contributed by atoms with Crippen LogP contribution in [-0.4, -0.2) is 41.9 Å². The molecule has 4 rings (SSSR count). The van der Waals surface area contributed by atoms with Crippen LogP contribution >= 0.6 is 0 Å². The van der Waals surface area contributed by atoms with E-state index in [-0.39, 0.29) is 30.0 Å². The van der Waals surface area contributed by atoms with Crippen LogP contribution in [0.3, 0.4) is 0 Å². The first-order valence-electron chi connectivity index (χ1n) is 11.1. The van der Waals surface area contributed by atoms with Crippen LogP contribution in [0.25, 0.3) is 0 Å². The molecule has 31 heavy (non-hydrogen) atoms. The Hall–Kier alpha value is -3.15. The highest BCUT2D eigenvalue weighted by atomic mass is 16.5. The van der Waals surface area contributed by atoms with Crippen LogP contribution < -0.4 is 5.32 Å². The van der Waals surface area contributed by atoms with Gasteiger partial charge >= 0.3 is 5.97 Å². The molecule has 2 aliphatic rings. The molecule has 162 valence electrons. The lowest BCUT2D eigenvalue weighted by Crippen LogP contribution is -2.50. The summed E-state index contributed by atoms with van der Waals surface area (Å²) >= 11 is 0. The van der Waals surface area contributed by atoms with E-state index in [1.54, 1.807) is 48.5 Å². The van der Waals surface area contributed by atoms with Gasteiger partial charge in [0.25, 0.3) is 11.8 Å². The molecule has 1 heterocycles. The molecule has 1 N–H and O–H groups in total. The van der Waals surface area contributed by atoms with Gasteiger partial charge in [0, 0.05) is 18.2 Å². The van der Waals surface area contributed by atoms with Crippen LogP contribution in [-0.2, 0) is 9.53 Å². The van der Waals surface area contributed by atoms with Crippen molar-refractivity contribution in [2.75, 3.05) is 18.5 Å². The van der Waals surface area contributed by atoms with Gasteiger partial charge in [-0.15, -0.1) is 0 Å². The van der Waals surface area contributed by atoms with Gasteiger partial charge in [-0.1, -0.05) is 43.2 Å². The Morgan fingerprint density at radius 1 is 0.903 bits per heavy atom. The first kappa shape index (κ1) is 21.1. The number of hydrogen-bond donors (Lipinski definition) is 1. The van der Waals surface area contributed by atoms with Crippen LogP contribution in [0.1, 0.15) is 59.2 Å². The van der Waals surface area contributed by atoms with Crippen molar-refractivity contribution in [2.45, 2.75) is 44.6 Å². The molecule has 2 aromatic rings. The zero-order valence-corrected chi connectivity index (χ0v) is 17.6. The average Bonchev–Trinajstić information content (AvgIpc) is 2.83. The third kappa shape index (κ3) is 4.95. The van der Waals surface area contributed by atoms with E-state index < -0.39 is 5.97 Å². The summed E-state index contributed by atoms with van der Waals surface area (Å²) in [5.74, 6) is -0.477. The number of likely N-dealkylation sites (tertiary alicyclic amines) is 1. The third-order valence-electron chi connectivity index (χ3n) is 6.32. The van der Waals surface area contributed by atoms with Gasteiger partial charge in [-0.3, -0.25) is 9.59 Å². The quantitative estimate of drug-likeness (QED) is 0.733. The normalized spacial score (nSPS) is 20.5. The summed E-state index contributed by atoms with van der Waals surface area (Å²) in [5.41, 5.74) is 1.08. The number of nitrogens with one attached hydrogen (secondary N) is 1. The average molecular weight is 421 g/mol. The number of rotatable bonds is 5. The number of amides is 2. The van der Waals surface area contributed by atoms with Crippen LogP contribution in [0.2, 0.25) is 0 Å². The van der Waals surface area contributed by atoms with Crippen LogP contribution in [0, 0.1) is 5.92 Å². The molecule has 6 heteroatoms. The summed E-state index contributed by atoms with van der Waals surface area (Å²) in [7, 11) is 0. The third-order valence-corrected chi connectivity index (χ3v) is 6.32. The Bertz CT molecular complexity index is 942. The fraction of sp³-hybridized carbons (Fsp3) is 0.400. The predicted octanol–water partition coefficient (Wildman–Crippen LogP) is 4.28. The lowest BCUT2D eigenvalue weighted by molar-refractivity contribution is -0.140. The molecule has 2 aromatic carbocycles. The van der Waals surface area contributed by atoms with Crippen LogP contribution in [0.4, 0.5) is 5.69 Å². The summed E-state index contributed by atoms with van der Waals surface area (Å²) in [6.07, 6.45) is 6.81. The highest BCUT2D eigenvalue weighted by molar-refractivity contribution is 6.08. The highest BCUT2D eigenvalue weighted by Gasteiger charge is 2.35. The second-order valence-electron chi connectivity index (χ2n) is 8.28. The molecule has 1 aliphatic heterocycles. The molecule has 0 bridgehead atoms. The topological polar surface area (TPSA) is 75.7 Å². The fourth-order valence-corrected chi connectivity index (χ4v) is 4.78. The van der Waals surface area contributed by atoms with E-state index in [0.29, 0.717) is 17.2 Å². The van der Waals surface area contributed by atoms with E-state index in [4.69, 9.17) is 4.74 Å². The summed E-state index contributed by atoms with van der Waals surface area (Å²) < 4.78 is 5.37. The smallest absolute Gasteiger partial charge is 0.340 e. The molecule has 6 nitrogen and oxygen atoms in total. The maximum absolute atomic E-state index is 12.8. The number of ether oxygens (including phenoxy) is 1. The molecule has 0 spiro atoms. The maximum atomic E-state index is 12.8. The van der Waals surface area contributed by atoms with E-state index in [1.165, 1.54) is 19.3 Å². The zero-order valence-electron chi connectivity index (χ0n) is 17.6. The molecule has 1 saturated heterocycles. The molecule has 2 atom stereocenters. The molecule has 1 aliphatic carbocycles. The maximum Gasteiger partial charge on any atom is 0.340 e. The molecule has 2 fully saturated rings. The first-order chi connectivity index (χ1) is 15.1. The van der Waals surface area contributed by atoms with Crippen molar-refractivity contribution in [2.24, 2.45) is 5.92 Å². The fourth-order valence-electron chi connectivity index (χ4n) is 4.78. The number of benzene rings is 2. The van der Waals surface area contributed by atoms with Gasteiger partial charge in [0.15, 0.2) is 6.61 Å². The molecule has 1 saturated carbocycles. The van der Waals surface area contributed by atoms with Gasteiger partial charge in [-0.05, 0) is 55.9 Å². The predicted molar refractivity (Wildman–Crippen MR) is 118 cm³/mol. The van der Waals surface area contributed by atoms with Gasteiger partial charge in [0.05, 0.1) is 11.3 Å². The zero-order chi connectivity index (χ0) is 21.6. The van der Waals surface area contributed by atoms with Gasteiger partial charge in [0.2, 0.25) is 0 Å². The second-order valence-corrected chi connectivity index (χ2v) is 8.28. The molecular weight excluding hydrogens is 392 g/mol. The minimum absolute atomic E-state index is 0.129. The number of hydrogen-bond acceptors (Lipinski definition) is 4. The molecule has 0 unspecified atom stereocenters. The molecule has 2 amide bonds. The summed E-state index contributed by atoms with van der Waals surface area (Å²) in [4.78, 5) is 39.9. The number of piperidine rings is 1. The van der Waals surface area contributed by atoms with Crippen molar-refractivity contribution >= 4 is 23.5 Å². The van der Waals surface area contributed by atoms with Crippen molar-refractivity contribution in [1.29, 1.82) is 0 Å². The van der Waals surface area contributed by atoms with E-state index in [2.05, 4.69) is 5.32 Å². The summed E-state index contributed by atoms with van der Waals surface area (Å²) in [6, 6.07) is 15.7. The van der Waals surface area contributed by atoms with Crippen molar-refractivity contribution in [3.63, 3.8) is 0 Å². The second kappa shape index (κ2) is 9.77. The number of fused-ring (bicyclic) bond motifs is 1. The Balaban J connectivity index is 1.39. The molecule has 0 aromatic heterocycles. The van der Waals surface area contributed by atoms with Gasteiger partial charge in [0.1, 0.15) is 0 Å². The molecular formula is C25H28N2O4. The standard InChI is InChI=1S/C25H28N2O4/c28-23(27-16-8-12-18-9-4-7-15-22(18)27)17-31-25(30)20-13-5-6-14-21(20)26-24(29)19-10-2-1-3-11-19/h1-3,5-6,10-11,13-14,18,22H,4,7-9,12,15-17H2,(H,26,29)/t18-,22-/m1/s1. The lowest BCUT2D eigenvalue weighted by atomic mass is 9.78. The SMILES string of the molecule is O=C(Nc1ccccc1C(=O)OCC(=O)N1CCC[C@H]2CCCC[C@H]21)c1ccccc1. The Kier molecular flexibility index (Phi) is 6.65. The minimum atomic E-state index is -0.616. The first-order valence-corrected chi connectivity index (χ1v) is 11.1. The number of carbonyl (C=O) groups excluding carboxylic acids is 3. The number of anilines is 1. The van der Waals surface area contributed by atoms with Crippen LogP contribution in [0.5, 0.6) is 0 Å². The van der Waals surface area contributed by atoms with E-state index >= 15 is 0 Å². The summed E-state index contributed by atoms with van der Waals surface area (Å²) in [6.45, 7) is 0.463. The van der Waals surface area contributed by atoms with Gasteiger partial charge < -0.3 is 15.0 Å². The van der Waals surface area contributed by atoms with Gasteiger partial charge in [-0.2, -0.15) is 0 Å².